The van der Waals surface area contributed by atoms with Crippen LogP contribution in [0.5, 0.6) is 5.75 Å². The van der Waals surface area contributed by atoms with E-state index in [0.29, 0.717) is 19.7 Å². The average Bonchev–Trinajstić information content (AvgIpc) is 2.32. The van der Waals surface area contributed by atoms with Crippen LogP contribution in [-0.4, -0.2) is 24.2 Å². The maximum Gasteiger partial charge on any atom is 0.328 e. The number of rotatable bonds is 7. The molecule has 1 aromatic carbocycles. The Morgan fingerprint density at radius 3 is 2.94 bits per heavy atom. The van der Waals surface area contributed by atoms with Crippen LogP contribution in [0.2, 0.25) is 0 Å². The predicted octanol–water partition coefficient (Wildman–Crippen LogP) is 1.95. The van der Waals surface area contributed by atoms with Gasteiger partial charge in [0.05, 0.1) is 6.61 Å². The second kappa shape index (κ2) is 7.45. The van der Waals surface area contributed by atoms with Crippen molar-refractivity contribution in [2.24, 2.45) is 0 Å². The molecule has 1 aromatic rings. The van der Waals surface area contributed by atoms with E-state index in [4.69, 9.17) is 9.84 Å². The molecule has 0 radical (unpaired) electrons. The summed E-state index contributed by atoms with van der Waals surface area (Å²) in [5.74, 6) is -1.13. The Balaban J connectivity index is 2.43. The van der Waals surface area contributed by atoms with Gasteiger partial charge in [0.25, 0.3) is 0 Å². The van der Waals surface area contributed by atoms with Crippen molar-refractivity contribution < 1.29 is 19.0 Å². The molecule has 5 heteroatoms. The smallest absolute Gasteiger partial charge is 0.328 e. The zero-order valence-corrected chi connectivity index (χ0v) is 10.1. The van der Waals surface area contributed by atoms with Gasteiger partial charge in [-0.15, -0.1) is 0 Å². The van der Waals surface area contributed by atoms with Crippen LogP contribution in [0, 0.1) is 5.82 Å². The van der Waals surface area contributed by atoms with Crippen molar-refractivity contribution in [3.8, 4) is 5.75 Å². The number of carboxylic acids is 1. The molecule has 0 aliphatic rings. The number of halogens is 1. The first-order valence-electron chi connectivity index (χ1n) is 5.65. The first-order valence-corrected chi connectivity index (χ1v) is 5.65. The summed E-state index contributed by atoms with van der Waals surface area (Å²) in [7, 11) is 0. The van der Waals surface area contributed by atoms with Gasteiger partial charge >= 0.3 is 5.97 Å². The Kier molecular flexibility index (Phi) is 5.87. The maximum atomic E-state index is 13.5. The van der Waals surface area contributed by atoms with Gasteiger partial charge in [0.2, 0.25) is 0 Å². The second-order valence-corrected chi connectivity index (χ2v) is 3.57. The summed E-state index contributed by atoms with van der Waals surface area (Å²) < 4.78 is 18.6. The van der Waals surface area contributed by atoms with Crippen LogP contribution in [0.4, 0.5) is 4.39 Å². The van der Waals surface area contributed by atoms with Gasteiger partial charge in [0, 0.05) is 19.2 Å². The van der Waals surface area contributed by atoms with E-state index in [9.17, 15) is 9.18 Å². The lowest BCUT2D eigenvalue weighted by atomic mass is 10.2. The molecule has 0 aromatic heterocycles. The number of hydrogen-bond acceptors (Lipinski definition) is 3. The third-order valence-corrected chi connectivity index (χ3v) is 2.15. The first kappa shape index (κ1) is 14.2. The molecule has 4 nitrogen and oxygen atoms in total. The van der Waals surface area contributed by atoms with Crippen LogP contribution in [0.1, 0.15) is 12.5 Å². The van der Waals surface area contributed by atoms with Crippen LogP contribution in [0.25, 0.3) is 0 Å². The SMILES string of the molecule is CCOc1ccc(CNC/C=C/C(=O)O)cc1F. The monoisotopic (exact) mass is 253 g/mol. The fourth-order valence-corrected chi connectivity index (χ4v) is 1.39. The van der Waals surface area contributed by atoms with E-state index in [1.807, 2.05) is 0 Å². The van der Waals surface area contributed by atoms with Gasteiger partial charge in [-0.3, -0.25) is 0 Å². The molecule has 0 bridgehead atoms. The molecule has 0 fully saturated rings. The topological polar surface area (TPSA) is 58.6 Å². The maximum absolute atomic E-state index is 13.5. The Labute approximate surface area is 105 Å². The van der Waals surface area contributed by atoms with Crippen LogP contribution >= 0.6 is 0 Å². The largest absolute Gasteiger partial charge is 0.491 e. The van der Waals surface area contributed by atoms with E-state index in [-0.39, 0.29) is 5.75 Å². The van der Waals surface area contributed by atoms with Crippen molar-refractivity contribution in [2.75, 3.05) is 13.2 Å². The Hall–Kier alpha value is -1.88. The number of hydrogen-bond donors (Lipinski definition) is 2. The molecule has 0 atom stereocenters. The molecule has 0 spiro atoms. The number of aliphatic carboxylic acids is 1. The molecular weight excluding hydrogens is 237 g/mol. The Bertz CT molecular complexity index is 432. The van der Waals surface area contributed by atoms with Crippen LogP contribution in [-0.2, 0) is 11.3 Å². The number of ether oxygens (including phenoxy) is 1. The molecule has 18 heavy (non-hydrogen) atoms. The van der Waals surface area contributed by atoms with Crippen molar-refractivity contribution in [3.05, 3.63) is 41.7 Å². The normalized spacial score (nSPS) is 10.8. The number of nitrogens with one attached hydrogen (secondary N) is 1. The number of benzene rings is 1. The number of carbonyl (C=O) groups is 1. The van der Waals surface area contributed by atoms with E-state index in [2.05, 4.69) is 5.32 Å². The molecule has 2 N–H and O–H groups in total. The third kappa shape index (κ3) is 4.97. The Morgan fingerprint density at radius 2 is 2.33 bits per heavy atom. The molecular formula is C13H16FNO3. The van der Waals surface area contributed by atoms with E-state index in [0.717, 1.165) is 11.6 Å². The molecule has 0 aliphatic carbocycles. The van der Waals surface area contributed by atoms with E-state index >= 15 is 0 Å². The predicted molar refractivity (Wildman–Crippen MR) is 66.1 cm³/mol. The fourth-order valence-electron chi connectivity index (χ4n) is 1.39. The van der Waals surface area contributed by atoms with E-state index in [1.54, 1.807) is 19.1 Å². The lowest BCUT2D eigenvalue weighted by Gasteiger charge is -2.07. The van der Waals surface area contributed by atoms with Gasteiger partial charge in [-0.05, 0) is 24.6 Å². The van der Waals surface area contributed by atoms with Crippen molar-refractivity contribution in [3.63, 3.8) is 0 Å². The summed E-state index contributed by atoms with van der Waals surface area (Å²) in [5.41, 5.74) is 0.777. The fraction of sp³-hybridized carbons (Fsp3) is 0.308. The van der Waals surface area contributed by atoms with Crippen molar-refractivity contribution in [1.82, 2.24) is 5.32 Å². The van der Waals surface area contributed by atoms with Crippen LogP contribution < -0.4 is 10.1 Å². The van der Waals surface area contributed by atoms with Gasteiger partial charge < -0.3 is 15.2 Å². The lowest BCUT2D eigenvalue weighted by molar-refractivity contribution is -0.131. The summed E-state index contributed by atoms with van der Waals surface area (Å²) in [6.07, 6.45) is 2.55. The molecule has 0 heterocycles. The molecule has 0 saturated heterocycles. The standard InChI is InChI=1S/C13H16FNO3/c1-2-18-12-6-5-10(8-11(12)14)9-15-7-3-4-13(16)17/h3-6,8,15H,2,7,9H2,1H3,(H,16,17)/b4-3+. The third-order valence-electron chi connectivity index (χ3n) is 2.15. The highest BCUT2D eigenvalue weighted by Crippen LogP contribution is 2.18. The van der Waals surface area contributed by atoms with Gasteiger partial charge in [-0.1, -0.05) is 12.1 Å². The zero-order chi connectivity index (χ0) is 13.4. The summed E-state index contributed by atoms with van der Waals surface area (Å²) in [5, 5.41) is 11.3. The molecule has 0 aliphatic heterocycles. The lowest BCUT2D eigenvalue weighted by Crippen LogP contribution is -2.13. The minimum Gasteiger partial charge on any atom is -0.491 e. The summed E-state index contributed by atoms with van der Waals surface area (Å²) in [4.78, 5) is 10.2. The van der Waals surface area contributed by atoms with Crippen LogP contribution in [0.15, 0.2) is 30.4 Å². The van der Waals surface area contributed by atoms with E-state index < -0.39 is 11.8 Å². The van der Waals surface area contributed by atoms with Gasteiger partial charge in [0.1, 0.15) is 0 Å². The average molecular weight is 253 g/mol. The van der Waals surface area contributed by atoms with Crippen LogP contribution in [0.3, 0.4) is 0 Å². The molecule has 1 rings (SSSR count). The van der Waals surface area contributed by atoms with E-state index in [1.165, 1.54) is 12.1 Å². The van der Waals surface area contributed by atoms with Crippen molar-refractivity contribution in [2.45, 2.75) is 13.5 Å². The number of carboxylic acid groups (broad SMARTS) is 1. The highest BCUT2D eigenvalue weighted by Gasteiger charge is 2.03. The molecule has 0 saturated carbocycles. The van der Waals surface area contributed by atoms with Gasteiger partial charge in [0.15, 0.2) is 11.6 Å². The molecule has 0 amide bonds. The summed E-state index contributed by atoms with van der Waals surface area (Å²) in [6.45, 7) is 3.10. The second-order valence-electron chi connectivity index (χ2n) is 3.57. The van der Waals surface area contributed by atoms with Gasteiger partial charge in [-0.2, -0.15) is 0 Å². The Morgan fingerprint density at radius 1 is 1.56 bits per heavy atom. The summed E-state index contributed by atoms with van der Waals surface area (Å²) in [6, 6.07) is 4.75. The minimum absolute atomic E-state index is 0.243. The quantitative estimate of drug-likeness (QED) is 0.576. The first-order chi connectivity index (χ1) is 8.63. The molecule has 98 valence electrons. The van der Waals surface area contributed by atoms with Gasteiger partial charge in [-0.25, -0.2) is 9.18 Å². The highest BCUT2D eigenvalue weighted by atomic mass is 19.1. The van der Waals surface area contributed by atoms with Crippen molar-refractivity contribution in [1.29, 1.82) is 0 Å². The summed E-state index contributed by atoms with van der Waals surface area (Å²) >= 11 is 0. The zero-order valence-electron chi connectivity index (χ0n) is 10.1. The van der Waals surface area contributed by atoms with Crippen molar-refractivity contribution >= 4 is 5.97 Å². The highest BCUT2D eigenvalue weighted by molar-refractivity contribution is 5.79. The minimum atomic E-state index is -0.982. The molecule has 0 unspecified atom stereocenters.